The van der Waals surface area contributed by atoms with Gasteiger partial charge in [-0.15, -0.1) is 0 Å². The summed E-state index contributed by atoms with van der Waals surface area (Å²) >= 11 is 5.97. The Kier molecular flexibility index (Phi) is 2.94. The summed E-state index contributed by atoms with van der Waals surface area (Å²) in [6.45, 7) is -0.0442. The second kappa shape index (κ2) is 4.38. The van der Waals surface area contributed by atoms with Crippen LogP contribution in [0.3, 0.4) is 0 Å². The minimum atomic E-state index is -0.0442. The van der Waals surface area contributed by atoms with Gasteiger partial charge < -0.3 is 5.11 Å². The summed E-state index contributed by atoms with van der Waals surface area (Å²) in [5.41, 5.74) is 2.42. The van der Waals surface area contributed by atoms with E-state index in [4.69, 9.17) is 16.7 Å². The van der Waals surface area contributed by atoms with Crippen molar-refractivity contribution in [3.8, 4) is 11.1 Å². The summed E-state index contributed by atoms with van der Waals surface area (Å²) in [5.74, 6) is 0. The fraction of sp³-hybridized carbons (Fsp3) is 0.0909. The van der Waals surface area contributed by atoms with Crippen LogP contribution in [0.15, 0.2) is 36.8 Å². The van der Waals surface area contributed by atoms with E-state index in [1.54, 1.807) is 18.6 Å². The smallest absolute Gasteiger partial charge is 0.136 e. The molecular weight excluding hydrogens is 212 g/mol. The quantitative estimate of drug-likeness (QED) is 0.790. The molecule has 2 aromatic rings. The van der Waals surface area contributed by atoms with Crippen LogP contribution in [0.5, 0.6) is 0 Å². The van der Waals surface area contributed by atoms with E-state index in [1.807, 2.05) is 18.2 Å². The van der Waals surface area contributed by atoms with Crippen molar-refractivity contribution in [1.82, 2.24) is 9.97 Å². The number of aliphatic hydroxyl groups excluding tert-OH is 1. The van der Waals surface area contributed by atoms with Gasteiger partial charge in [0.1, 0.15) is 5.15 Å². The lowest BCUT2D eigenvalue weighted by Crippen LogP contribution is -1.89. The number of nitrogens with zero attached hydrogens (tertiary/aromatic N) is 2. The number of halogens is 1. The van der Waals surface area contributed by atoms with Crippen LogP contribution in [0.1, 0.15) is 5.56 Å². The molecule has 0 bridgehead atoms. The van der Waals surface area contributed by atoms with Crippen molar-refractivity contribution >= 4 is 11.6 Å². The Morgan fingerprint density at radius 3 is 2.87 bits per heavy atom. The van der Waals surface area contributed by atoms with Gasteiger partial charge in [0.2, 0.25) is 0 Å². The van der Waals surface area contributed by atoms with Gasteiger partial charge in [0.05, 0.1) is 6.61 Å². The molecule has 15 heavy (non-hydrogen) atoms. The van der Waals surface area contributed by atoms with Gasteiger partial charge in [-0.3, -0.25) is 4.98 Å². The lowest BCUT2D eigenvalue weighted by Gasteiger charge is -2.04. The van der Waals surface area contributed by atoms with Gasteiger partial charge in [0.15, 0.2) is 0 Å². The van der Waals surface area contributed by atoms with Gasteiger partial charge in [-0.25, -0.2) is 4.98 Å². The molecule has 0 spiro atoms. The molecular formula is C11H9ClN2O. The second-order valence-corrected chi connectivity index (χ2v) is 3.44. The number of aromatic nitrogens is 2. The van der Waals surface area contributed by atoms with E-state index >= 15 is 0 Å². The number of aliphatic hydroxyl groups is 1. The fourth-order valence-electron chi connectivity index (χ4n) is 1.30. The minimum absolute atomic E-state index is 0.0442. The molecule has 0 aliphatic heterocycles. The first-order valence-electron chi connectivity index (χ1n) is 4.47. The van der Waals surface area contributed by atoms with Crippen LogP contribution in [-0.2, 0) is 6.61 Å². The van der Waals surface area contributed by atoms with Gasteiger partial charge in [-0.05, 0) is 17.7 Å². The predicted molar refractivity (Wildman–Crippen MR) is 58.4 cm³/mol. The molecule has 0 atom stereocenters. The Morgan fingerprint density at radius 2 is 2.20 bits per heavy atom. The third-order valence-electron chi connectivity index (χ3n) is 2.05. The first kappa shape index (κ1) is 10.1. The topological polar surface area (TPSA) is 46.0 Å². The van der Waals surface area contributed by atoms with Crippen LogP contribution in [0.25, 0.3) is 11.1 Å². The molecule has 0 aromatic carbocycles. The highest BCUT2D eigenvalue weighted by molar-refractivity contribution is 6.32. The first-order chi connectivity index (χ1) is 7.31. The molecule has 0 amide bonds. The van der Waals surface area contributed by atoms with Gasteiger partial charge in [-0.1, -0.05) is 17.7 Å². The normalized spacial score (nSPS) is 10.3. The Morgan fingerprint density at radius 1 is 1.33 bits per heavy atom. The Balaban J connectivity index is 2.52. The zero-order valence-electron chi connectivity index (χ0n) is 7.89. The molecule has 0 aliphatic carbocycles. The molecule has 0 saturated heterocycles. The summed E-state index contributed by atoms with van der Waals surface area (Å²) in [6, 6.07) is 5.54. The lowest BCUT2D eigenvalue weighted by molar-refractivity contribution is 0.281. The van der Waals surface area contributed by atoms with Crippen LogP contribution >= 0.6 is 11.6 Å². The van der Waals surface area contributed by atoms with Gasteiger partial charge in [0, 0.05) is 29.7 Å². The van der Waals surface area contributed by atoms with E-state index in [9.17, 15) is 0 Å². The van der Waals surface area contributed by atoms with Crippen LogP contribution in [-0.4, -0.2) is 15.1 Å². The molecule has 2 heterocycles. The zero-order chi connectivity index (χ0) is 10.7. The van der Waals surface area contributed by atoms with Gasteiger partial charge in [-0.2, -0.15) is 0 Å². The maximum absolute atomic E-state index is 9.00. The second-order valence-electron chi connectivity index (χ2n) is 3.08. The Bertz CT molecular complexity index is 459. The molecule has 76 valence electrons. The van der Waals surface area contributed by atoms with Crippen molar-refractivity contribution < 1.29 is 5.11 Å². The monoisotopic (exact) mass is 220 g/mol. The molecule has 0 fully saturated rings. The summed E-state index contributed by atoms with van der Waals surface area (Å²) in [7, 11) is 0. The lowest BCUT2D eigenvalue weighted by atomic mass is 10.1. The molecule has 0 unspecified atom stereocenters. The third-order valence-corrected chi connectivity index (χ3v) is 2.35. The van der Waals surface area contributed by atoms with Crippen LogP contribution < -0.4 is 0 Å². The molecule has 0 aliphatic rings. The molecule has 1 N–H and O–H groups in total. The van der Waals surface area contributed by atoms with Crippen molar-refractivity contribution in [1.29, 1.82) is 0 Å². The summed E-state index contributed by atoms with van der Waals surface area (Å²) in [5, 5.41) is 9.42. The van der Waals surface area contributed by atoms with Crippen LogP contribution in [0.4, 0.5) is 0 Å². The average molecular weight is 221 g/mol. The molecule has 4 heteroatoms. The molecule has 0 saturated carbocycles. The van der Waals surface area contributed by atoms with E-state index in [-0.39, 0.29) is 6.61 Å². The van der Waals surface area contributed by atoms with E-state index in [0.717, 1.165) is 16.7 Å². The minimum Gasteiger partial charge on any atom is -0.392 e. The van der Waals surface area contributed by atoms with Crippen molar-refractivity contribution in [3.05, 3.63) is 47.5 Å². The average Bonchev–Trinajstić information content (AvgIpc) is 2.31. The molecule has 2 aromatic heterocycles. The SMILES string of the molecule is OCc1cnc(Cl)c(-c2cccnc2)c1. The Labute approximate surface area is 92.4 Å². The summed E-state index contributed by atoms with van der Waals surface area (Å²) in [4.78, 5) is 8.01. The fourth-order valence-corrected chi connectivity index (χ4v) is 1.51. The van der Waals surface area contributed by atoms with Crippen molar-refractivity contribution in [2.75, 3.05) is 0 Å². The maximum atomic E-state index is 9.00. The highest BCUT2D eigenvalue weighted by Gasteiger charge is 2.05. The van der Waals surface area contributed by atoms with Crippen molar-refractivity contribution in [3.63, 3.8) is 0 Å². The highest BCUT2D eigenvalue weighted by atomic mass is 35.5. The van der Waals surface area contributed by atoms with E-state index < -0.39 is 0 Å². The van der Waals surface area contributed by atoms with Crippen LogP contribution in [0, 0.1) is 0 Å². The summed E-state index contributed by atoms with van der Waals surface area (Å²) < 4.78 is 0. The first-order valence-corrected chi connectivity index (χ1v) is 4.84. The predicted octanol–water partition coefficient (Wildman–Crippen LogP) is 2.29. The number of hydrogen-bond acceptors (Lipinski definition) is 3. The number of pyridine rings is 2. The largest absolute Gasteiger partial charge is 0.392 e. The third kappa shape index (κ3) is 2.14. The van der Waals surface area contributed by atoms with E-state index in [1.165, 1.54) is 0 Å². The molecule has 2 rings (SSSR count). The standard InChI is InChI=1S/C11H9ClN2O/c12-11-10(4-8(7-15)5-14-11)9-2-1-3-13-6-9/h1-6,15H,7H2. The van der Waals surface area contributed by atoms with E-state index in [2.05, 4.69) is 9.97 Å². The van der Waals surface area contributed by atoms with E-state index in [0.29, 0.717) is 5.15 Å². The van der Waals surface area contributed by atoms with Crippen molar-refractivity contribution in [2.45, 2.75) is 6.61 Å². The molecule has 3 nitrogen and oxygen atoms in total. The Hall–Kier alpha value is -1.45. The van der Waals surface area contributed by atoms with Crippen LogP contribution in [0.2, 0.25) is 5.15 Å². The van der Waals surface area contributed by atoms with Crippen molar-refractivity contribution in [2.24, 2.45) is 0 Å². The summed E-state index contributed by atoms with van der Waals surface area (Å²) in [6.07, 6.45) is 4.97. The number of hydrogen-bond donors (Lipinski definition) is 1. The molecule has 0 radical (unpaired) electrons. The van der Waals surface area contributed by atoms with Gasteiger partial charge >= 0.3 is 0 Å². The maximum Gasteiger partial charge on any atom is 0.136 e. The number of rotatable bonds is 2. The highest BCUT2D eigenvalue weighted by Crippen LogP contribution is 2.25. The van der Waals surface area contributed by atoms with Gasteiger partial charge in [0.25, 0.3) is 0 Å². The zero-order valence-corrected chi connectivity index (χ0v) is 8.65.